The van der Waals surface area contributed by atoms with Gasteiger partial charge in [0.1, 0.15) is 29.1 Å². The quantitative estimate of drug-likeness (QED) is 0.426. The van der Waals surface area contributed by atoms with Gasteiger partial charge in [-0.1, -0.05) is 37.3 Å². The minimum absolute atomic E-state index is 0.0130. The molecule has 5 heteroatoms. The minimum Gasteiger partial charge on any atom is -0.206 e. The molecule has 0 fully saturated rings. The van der Waals surface area contributed by atoms with Crippen LogP contribution in [0, 0.1) is 46.4 Å². The molecule has 0 atom stereocenters. The van der Waals surface area contributed by atoms with Crippen LogP contribution < -0.4 is 0 Å². The van der Waals surface area contributed by atoms with Gasteiger partial charge >= 0.3 is 0 Å². The van der Waals surface area contributed by atoms with E-state index in [2.05, 4.69) is 11.8 Å². The molecular weight excluding hydrogens is 354 g/mol. The maximum Gasteiger partial charge on any atom is 0.151 e. The van der Waals surface area contributed by atoms with Crippen LogP contribution in [0.5, 0.6) is 0 Å². The van der Waals surface area contributed by atoms with E-state index >= 15 is 0 Å². The van der Waals surface area contributed by atoms with Crippen molar-refractivity contribution in [2.45, 2.75) is 19.8 Å². The molecule has 0 aliphatic rings. The van der Waals surface area contributed by atoms with Gasteiger partial charge in [0.25, 0.3) is 0 Å². The Hall–Kier alpha value is -3.31. The van der Waals surface area contributed by atoms with Crippen molar-refractivity contribution in [3.05, 3.63) is 81.9 Å². The average Bonchev–Trinajstić information content (AvgIpc) is 2.62. The lowest BCUT2D eigenvalue weighted by atomic mass is 10.0. The van der Waals surface area contributed by atoms with Gasteiger partial charge in [-0.15, -0.1) is 0 Å². The Kier molecular flexibility index (Phi) is 5.14. The number of halogens is 4. The highest BCUT2D eigenvalue weighted by atomic mass is 19.1. The second-order valence-corrected chi connectivity index (χ2v) is 5.99. The molecule has 134 valence electrons. The van der Waals surface area contributed by atoms with Gasteiger partial charge in [0, 0.05) is 16.3 Å². The first-order chi connectivity index (χ1) is 13.0. The summed E-state index contributed by atoms with van der Waals surface area (Å²) in [5.41, 5.74) is -0.347. The predicted molar refractivity (Wildman–Crippen MR) is 94.9 cm³/mol. The van der Waals surface area contributed by atoms with Crippen LogP contribution in [0.4, 0.5) is 17.6 Å². The molecule has 0 aromatic heterocycles. The summed E-state index contributed by atoms with van der Waals surface area (Å²) in [4.78, 5) is 0. The van der Waals surface area contributed by atoms with Gasteiger partial charge in [-0.2, -0.15) is 5.26 Å². The van der Waals surface area contributed by atoms with Crippen LogP contribution in [-0.2, 0) is 6.42 Å². The molecule has 0 radical (unpaired) electrons. The Balaban J connectivity index is 2.14. The van der Waals surface area contributed by atoms with E-state index in [-0.39, 0.29) is 16.3 Å². The molecule has 0 spiro atoms. The zero-order chi connectivity index (χ0) is 19.6. The highest BCUT2D eigenvalue weighted by Crippen LogP contribution is 2.26. The van der Waals surface area contributed by atoms with Crippen LogP contribution >= 0.6 is 0 Å². The summed E-state index contributed by atoms with van der Waals surface area (Å²) in [5.74, 6) is 1.43. The van der Waals surface area contributed by atoms with E-state index < -0.39 is 34.4 Å². The molecule has 0 heterocycles. The normalized spacial score (nSPS) is 10.4. The number of rotatable bonds is 2. The van der Waals surface area contributed by atoms with Gasteiger partial charge in [0.2, 0.25) is 0 Å². The lowest BCUT2D eigenvalue weighted by Crippen LogP contribution is -1.95. The Morgan fingerprint density at radius 1 is 0.852 bits per heavy atom. The molecule has 0 aliphatic heterocycles. The molecule has 0 saturated carbocycles. The third-order valence-electron chi connectivity index (χ3n) is 4.15. The van der Waals surface area contributed by atoms with E-state index in [1.54, 1.807) is 0 Å². The zero-order valence-corrected chi connectivity index (χ0v) is 14.3. The van der Waals surface area contributed by atoms with Crippen LogP contribution in [0.15, 0.2) is 36.4 Å². The summed E-state index contributed by atoms with van der Waals surface area (Å²) < 4.78 is 56.6. The molecule has 0 saturated heterocycles. The number of nitriles is 1. The Morgan fingerprint density at radius 2 is 1.52 bits per heavy atom. The third-order valence-corrected chi connectivity index (χ3v) is 4.15. The van der Waals surface area contributed by atoms with Gasteiger partial charge in [0.15, 0.2) is 5.82 Å². The molecule has 3 aromatic rings. The summed E-state index contributed by atoms with van der Waals surface area (Å²) in [6.07, 6.45) is 1.30. The van der Waals surface area contributed by atoms with Crippen LogP contribution in [0.2, 0.25) is 0 Å². The number of hydrogen-bond donors (Lipinski definition) is 0. The second-order valence-electron chi connectivity index (χ2n) is 5.99. The first-order valence-electron chi connectivity index (χ1n) is 8.27. The lowest BCUT2D eigenvalue weighted by molar-refractivity contribution is 0.573. The Labute approximate surface area is 153 Å². The third kappa shape index (κ3) is 3.50. The van der Waals surface area contributed by atoms with E-state index in [0.29, 0.717) is 12.0 Å². The van der Waals surface area contributed by atoms with Gasteiger partial charge in [-0.05, 0) is 36.2 Å². The fourth-order valence-corrected chi connectivity index (χ4v) is 2.87. The summed E-state index contributed by atoms with van der Waals surface area (Å²) in [7, 11) is 0. The lowest BCUT2D eigenvalue weighted by Gasteiger charge is -2.05. The van der Waals surface area contributed by atoms with Gasteiger partial charge in [-0.3, -0.25) is 0 Å². The van der Waals surface area contributed by atoms with E-state index in [1.165, 1.54) is 36.4 Å². The van der Waals surface area contributed by atoms with Crippen molar-refractivity contribution in [1.82, 2.24) is 0 Å². The molecule has 0 bridgehead atoms. The van der Waals surface area contributed by atoms with Crippen molar-refractivity contribution >= 4 is 10.8 Å². The predicted octanol–water partition coefficient (Wildman–Crippen LogP) is 5.62. The largest absolute Gasteiger partial charge is 0.206 e. The van der Waals surface area contributed by atoms with Crippen LogP contribution in [0.3, 0.4) is 0 Å². The fraction of sp³-hybridized carbons (Fsp3) is 0.136. The first kappa shape index (κ1) is 18.5. The van der Waals surface area contributed by atoms with E-state index in [1.807, 2.05) is 6.92 Å². The second kappa shape index (κ2) is 7.51. The van der Waals surface area contributed by atoms with Crippen LogP contribution in [0.25, 0.3) is 10.8 Å². The van der Waals surface area contributed by atoms with Crippen molar-refractivity contribution < 1.29 is 17.6 Å². The van der Waals surface area contributed by atoms with Crippen molar-refractivity contribution in [2.75, 3.05) is 0 Å². The summed E-state index contributed by atoms with van der Waals surface area (Å²) in [6.45, 7) is 1.90. The van der Waals surface area contributed by atoms with E-state index in [4.69, 9.17) is 5.26 Å². The number of fused-ring (bicyclic) bond motifs is 1. The molecule has 1 nitrogen and oxygen atoms in total. The minimum atomic E-state index is -1.02. The number of benzene rings is 3. The monoisotopic (exact) mass is 367 g/mol. The Morgan fingerprint density at radius 3 is 2.15 bits per heavy atom. The molecule has 0 aliphatic carbocycles. The maximum atomic E-state index is 14.3. The SMILES string of the molecule is CCCc1cc(F)c(C#Cc2cccc3c(F)c(C#N)c(F)cc23)c(F)c1. The number of nitrogens with zero attached hydrogens (tertiary/aromatic N) is 1. The topological polar surface area (TPSA) is 23.8 Å². The Bertz CT molecular complexity index is 1120. The van der Waals surface area contributed by atoms with Crippen molar-refractivity contribution in [1.29, 1.82) is 5.26 Å². The smallest absolute Gasteiger partial charge is 0.151 e. The van der Waals surface area contributed by atoms with E-state index in [9.17, 15) is 17.6 Å². The number of aryl methyl sites for hydroxylation is 1. The van der Waals surface area contributed by atoms with Crippen molar-refractivity contribution in [3.8, 4) is 17.9 Å². The van der Waals surface area contributed by atoms with Crippen molar-refractivity contribution in [2.24, 2.45) is 0 Å². The zero-order valence-electron chi connectivity index (χ0n) is 14.3. The first-order valence-corrected chi connectivity index (χ1v) is 8.27. The molecular formula is C22H13F4N. The standard InChI is InChI=1S/C22H13F4N/c1-2-4-13-9-19(23)16(20(24)10-13)8-7-14-5-3-6-15-17(14)11-21(25)18(12-27)22(15)26/h3,5-6,9-11H,2,4H2,1H3. The molecule has 3 rings (SSSR count). The van der Waals surface area contributed by atoms with Crippen LogP contribution in [0.1, 0.15) is 35.6 Å². The van der Waals surface area contributed by atoms with Gasteiger partial charge < -0.3 is 0 Å². The molecule has 27 heavy (non-hydrogen) atoms. The fourth-order valence-electron chi connectivity index (χ4n) is 2.87. The van der Waals surface area contributed by atoms with Gasteiger partial charge in [-0.25, -0.2) is 17.6 Å². The molecule has 0 N–H and O–H groups in total. The highest BCUT2D eigenvalue weighted by molar-refractivity contribution is 5.90. The molecule has 0 amide bonds. The van der Waals surface area contributed by atoms with Crippen molar-refractivity contribution in [3.63, 3.8) is 0 Å². The summed E-state index contributed by atoms with van der Waals surface area (Å²) in [5, 5.41) is 9.00. The van der Waals surface area contributed by atoms with E-state index in [0.717, 1.165) is 12.5 Å². The molecule has 3 aromatic carbocycles. The average molecular weight is 367 g/mol. The van der Waals surface area contributed by atoms with Crippen LogP contribution in [-0.4, -0.2) is 0 Å². The highest BCUT2D eigenvalue weighted by Gasteiger charge is 2.15. The summed E-state index contributed by atoms with van der Waals surface area (Å²) >= 11 is 0. The maximum absolute atomic E-state index is 14.3. The summed E-state index contributed by atoms with van der Waals surface area (Å²) in [6, 6.07) is 9.30. The van der Waals surface area contributed by atoms with Gasteiger partial charge in [0.05, 0.1) is 5.56 Å². The number of hydrogen-bond acceptors (Lipinski definition) is 1. The molecule has 0 unspecified atom stereocenters.